The van der Waals surface area contributed by atoms with Gasteiger partial charge in [0.2, 0.25) is 0 Å². The van der Waals surface area contributed by atoms with Gasteiger partial charge >= 0.3 is 7.12 Å². The fraction of sp³-hybridized carbons (Fsp3) is 0.688. The van der Waals surface area contributed by atoms with Gasteiger partial charge in [-0.3, -0.25) is 0 Å². The minimum Gasteiger partial charge on any atom is -0.399 e. The number of anilines is 2. The number of nitrogens with two attached hydrogens (primary N) is 1. The lowest BCUT2D eigenvalue weighted by Crippen LogP contribution is -2.41. The minimum absolute atomic E-state index is 0.385. The van der Waals surface area contributed by atoms with Crippen LogP contribution in [0, 0.1) is 0 Å². The number of nitrogens with zero attached hydrogens (tertiary/aromatic N) is 1. The highest BCUT2D eigenvalue weighted by atomic mass is 16.7. The lowest BCUT2D eigenvalue weighted by atomic mass is 9.79. The summed E-state index contributed by atoms with van der Waals surface area (Å²) in [5, 5.41) is 6.49. The van der Waals surface area contributed by atoms with Crippen LogP contribution < -0.4 is 21.8 Å². The largest absolute Gasteiger partial charge is 0.498 e. The van der Waals surface area contributed by atoms with E-state index >= 15 is 0 Å². The van der Waals surface area contributed by atoms with E-state index in [4.69, 9.17) is 15.0 Å². The predicted molar refractivity (Wildman–Crippen MR) is 96.0 cm³/mol. The standard InChI is InChI=1S/C16H29BN4O2/c1-11(19-6)7-8-20-14-9-13(18)12(10-21-14)17-22-15(2,3)16(4,5)23-17/h9-11,19H,7-8H2,1-6H3,(H3,18,20,21). The van der Waals surface area contributed by atoms with E-state index in [1.807, 2.05) is 40.8 Å². The molecule has 4 N–H and O–H groups in total. The Morgan fingerprint density at radius 1 is 1.26 bits per heavy atom. The minimum atomic E-state index is -0.481. The van der Waals surface area contributed by atoms with E-state index in [1.165, 1.54) is 0 Å². The number of pyridine rings is 1. The second-order valence-electron chi connectivity index (χ2n) is 7.19. The fourth-order valence-corrected chi connectivity index (χ4v) is 2.31. The van der Waals surface area contributed by atoms with Crippen molar-refractivity contribution in [2.24, 2.45) is 0 Å². The highest BCUT2D eigenvalue weighted by Crippen LogP contribution is 2.36. The van der Waals surface area contributed by atoms with Crippen molar-refractivity contribution in [3.63, 3.8) is 0 Å². The predicted octanol–water partition coefficient (Wildman–Crippen LogP) is 1.37. The summed E-state index contributed by atoms with van der Waals surface area (Å²) in [5.41, 5.74) is 6.82. The average Bonchev–Trinajstić information content (AvgIpc) is 2.67. The van der Waals surface area contributed by atoms with Crippen LogP contribution in [0.2, 0.25) is 0 Å². The Kier molecular flexibility index (Phi) is 5.23. The van der Waals surface area contributed by atoms with Gasteiger partial charge in [0.1, 0.15) is 5.82 Å². The molecule has 0 saturated carbocycles. The van der Waals surface area contributed by atoms with E-state index in [2.05, 4.69) is 22.5 Å². The number of rotatable bonds is 6. The Balaban J connectivity index is 2.03. The fourth-order valence-electron chi connectivity index (χ4n) is 2.31. The monoisotopic (exact) mass is 320 g/mol. The Morgan fingerprint density at radius 3 is 2.39 bits per heavy atom. The van der Waals surface area contributed by atoms with E-state index in [9.17, 15) is 0 Å². The number of hydrogen-bond donors (Lipinski definition) is 3. The van der Waals surface area contributed by atoms with Crippen molar-refractivity contribution >= 4 is 24.1 Å². The highest BCUT2D eigenvalue weighted by molar-refractivity contribution is 6.63. The second kappa shape index (κ2) is 6.67. The first-order valence-corrected chi connectivity index (χ1v) is 8.18. The Hall–Kier alpha value is -1.31. The molecule has 1 aromatic rings. The smallest absolute Gasteiger partial charge is 0.399 e. The lowest BCUT2D eigenvalue weighted by molar-refractivity contribution is 0.00578. The summed E-state index contributed by atoms with van der Waals surface area (Å²) in [7, 11) is 1.48. The van der Waals surface area contributed by atoms with Crippen LogP contribution in [-0.4, -0.2) is 42.9 Å². The third-order valence-corrected chi connectivity index (χ3v) is 4.85. The van der Waals surface area contributed by atoms with Gasteiger partial charge in [-0.2, -0.15) is 0 Å². The summed E-state index contributed by atoms with van der Waals surface area (Å²) in [4.78, 5) is 4.43. The molecule has 6 nitrogen and oxygen atoms in total. The van der Waals surface area contributed by atoms with Crippen molar-refractivity contribution in [2.45, 2.75) is 58.3 Å². The van der Waals surface area contributed by atoms with E-state index in [-0.39, 0.29) is 11.2 Å². The van der Waals surface area contributed by atoms with Crippen molar-refractivity contribution in [3.05, 3.63) is 12.3 Å². The third-order valence-electron chi connectivity index (χ3n) is 4.85. The molecule has 128 valence electrons. The Labute approximate surface area is 139 Å². The van der Waals surface area contributed by atoms with Crippen molar-refractivity contribution < 1.29 is 9.31 Å². The van der Waals surface area contributed by atoms with Crippen molar-refractivity contribution in [3.8, 4) is 0 Å². The normalized spacial score (nSPS) is 20.5. The zero-order chi connectivity index (χ0) is 17.3. The first-order chi connectivity index (χ1) is 10.7. The van der Waals surface area contributed by atoms with E-state index < -0.39 is 7.12 Å². The molecule has 1 saturated heterocycles. The summed E-state index contributed by atoms with van der Waals surface area (Å²) in [6.45, 7) is 11.1. The van der Waals surface area contributed by atoms with E-state index in [0.717, 1.165) is 24.2 Å². The van der Waals surface area contributed by atoms with Gasteiger partial charge in [-0.25, -0.2) is 4.98 Å². The molecule has 1 fully saturated rings. The zero-order valence-corrected chi connectivity index (χ0v) is 15.1. The summed E-state index contributed by atoms with van der Waals surface area (Å²) >= 11 is 0. The van der Waals surface area contributed by atoms with Crippen molar-refractivity contribution in [1.29, 1.82) is 0 Å². The SMILES string of the molecule is CNC(C)CCNc1cc(N)c(B2OC(C)(C)C(C)(C)O2)cn1. The van der Waals surface area contributed by atoms with Crippen molar-refractivity contribution in [2.75, 3.05) is 24.6 Å². The van der Waals surface area contributed by atoms with Crippen LogP contribution in [0.15, 0.2) is 12.3 Å². The van der Waals surface area contributed by atoms with Crippen LogP contribution in [0.1, 0.15) is 41.0 Å². The van der Waals surface area contributed by atoms with E-state index in [1.54, 1.807) is 6.20 Å². The first kappa shape index (κ1) is 18.0. The van der Waals surface area contributed by atoms with Gasteiger partial charge in [0.05, 0.1) is 11.2 Å². The molecule has 0 aliphatic carbocycles. The maximum Gasteiger partial charge on any atom is 0.498 e. The molecule has 7 heteroatoms. The molecule has 0 amide bonds. The molecular weight excluding hydrogens is 291 g/mol. The second-order valence-corrected chi connectivity index (χ2v) is 7.19. The van der Waals surface area contributed by atoms with Crippen LogP contribution in [0.4, 0.5) is 11.5 Å². The Morgan fingerprint density at radius 2 is 1.87 bits per heavy atom. The maximum atomic E-state index is 6.18. The highest BCUT2D eigenvalue weighted by Gasteiger charge is 2.52. The third kappa shape index (κ3) is 3.97. The Bertz CT molecular complexity index is 535. The molecule has 2 heterocycles. The molecule has 23 heavy (non-hydrogen) atoms. The zero-order valence-electron chi connectivity index (χ0n) is 15.1. The van der Waals surface area contributed by atoms with Gasteiger partial charge in [-0.15, -0.1) is 0 Å². The van der Waals surface area contributed by atoms with Crippen LogP contribution in [0.5, 0.6) is 0 Å². The molecule has 1 aliphatic heterocycles. The number of nitrogens with one attached hydrogen (secondary N) is 2. The molecule has 2 rings (SSSR count). The molecular formula is C16H29BN4O2. The summed E-state index contributed by atoms with van der Waals surface area (Å²) in [6, 6.07) is 2.30. The maximum absolute atomic E-state index is 6.18. The molecule has 0 spiro atoms. The van der Waals surface area contributed by atoms with Gasteiger partial charge < -0.3 is 25.7 Å². The first-order valence-electron chi connectivity index (χ1n) is 8.18. The summed E-state index contributed by atoms with van der Waals surface area (Å²) in [5.74, 6) is 0.770. The van der Waals surface area contributed by atoms with Gasteiger partial charge in [0.25, 0.3) is 0 Å². The van der Waals surface area contributed by atoms with Gasteiger partial charge in [0, 0.05) is 36.0 Å². The van der Waals surface area contributed by atoms with E-state index in [0.29, 0.717) is 11.7 Å². The summed E-state index contributed by atoms with van der Waals surface area (Å²) in [6.07, 6.45) is 2.75. The van der Waals surface area contributed by atoms with Crippen molar-refractivity contribution in [1.82, 2.24) is 10.3 Å². The van der Waals surface area contributed by atoms with Crippen LogP contribution >= 0.6 is 0 Å². The van der Waals surface area contributed by atoms with Gasteiger partial charge in [0.15, 0.2) is 0 Å². The number of nitrogen functional groups attached to an aromatic ring is 1. The van der Waals surface area contributed by atoms with Crippen LogP contribution in [0.25, 0.3) is 0 Å². The molecule has 0 aromatic carbocycles. The molecule has 1 unspecified atom stereocenters. The lowest BCUT2D eigenvalue weighted by Gasteiger charge is -2.32. The summed E-state index contributed by atoms with van der Waals surface area (Å²) < 4.78 is 12.1. The molecule has 1 atom stereocenters. The molecule has 0 bridgehead atoms. The van der Waals surface area contributed by atoms with Gasteiger partial charge in [-0.05, 0) is 48.1 Å². The average molecular weight is 320 g/mol. The van der Waals surface area contributed by atoms with Gasteiger partial charge in [-0.1, -0.05) is 0 Å². The van der Waals surface area contributed by atoms with Crippen LogP contribution in [0.3, 0.4) is 0 Å². The molecule has 1 aromatic heterocycles. The topological polar surface area (TPSA) is 81.4 Å². The molecule has 0 radical (unpaired) electrons. The van der Waals surface area contributed by atoms with Crippen LogP contribution in [-0.2, 0) is 9.31 Å². The molecule has 1 aliphatic rings. The number of hydrogen-bond acceptors (Lipinski definition) is 6. The quantitative estimate of drug-likeness (QED) is 0.687. The number of aromatic nitrogens is 1.